The van der Waals surface area contributed by atoms with Crippen LogP contribution in [-0.4, -0.2) is 58.8 Å². The number of aliphatic hydroxyl groups excluding tert-OH is 1. The molecular weight excluding hydrogens is 361 g/mol. The van der Waals surface area contributed by atoms with Crippen LogP contribution in [0.5, 0.6) is 0 Å². The predicted molar refractivity (Wildman–Crippen MR) is 103 cm³/mol. The fourth-order valence-electron chi connectivity index (χ4n) is 3.32. The van der Waals surface area contributed by atoms with Gasteiger partial charge in [-0.25, -0.2) is 4.39 Å². The Morgan fingerprint density at radius 3 is 2.39 bits per heavy atom. The molecule has 1 aromatic carbocycles. The number of rotatable bonds is 6. The minimum absolute atomic E-state index is 0.00709. The zero-order valence-electron chi connectivity index (χ0n) is 15.8. The first-order valence-electron chi connectivity index (χ1n) is 8.99. The van der Waals surface area contributed by atoms with Crippen molar-refractivity contribution in [1.82, 2.24) is 14.8 Å². The van der Waals surface area contributed by atoms with Gasteiger partial charge >= 0.3 is 0 Å². The molecule has 2 aromatic rings. The van der Waals surface area contributed by atoms with Gasteiger partial charge < -0.3 is 14.9 Å². The van der Waals surface area contributed by atoms with Crippen molar-refractivity contribution in [2.45, 2.75) is 12.5 Å². The number of pyridine rings is 1. The van der Waals surface area contributed by atoms with Crippen molar-refractivity contribution in [3.63, 3.8) is 0 Å². The van der Waals surface area contributed by atoms with Crippen molar-refractivity contribution in [2.24, 2.45) is 0 Å². The van der Waals surface area contributed by atoms with Crippen molar-refractivity contribution in [3.05, 3.63) is 71.3 Å². The minimum Gasteiger partial charge on any atom is -0.507 e. The van der Waals surface area contributed by atoms with Gasteiger partial charge in [0.25, 0.3) is 11.7 Å². The second-order valence-corrected chi connectivity index (χ2v) is 6.94. The normalized spacial score (nSPS) is 18.9. The first-order chi connectivity index (χ1) is 13.4. The number of halogens is 1. The summed E-state index contributed by atoms with van der Waals surface area (Å²) in [5, 5.41) is 10.8. The van der Waals surface area contributed by atoms with Crippen LogP contribution in [0.4, 0.5) is 4.39 Å². The van der Waals surface area contributed by atoms with Crippen LogP contribution >= 0.6 is 0 Å². The maximum Gasteiger partial charge on any atom is 0.295 e. The van der Waals surface area contributed by atoms with Crippen molar-refractivity contribution >= 4 is 17.4 Å². The van der Waals surface area contributed by atoms with E-state index in [4.69, 9.17) is 0 Å². The molecule has 1 unspecified atom stereocenters. The van der Waals surface area contributed by atoms with Gasteiger partial charge in [0.2, 0.25) is 0 Å². The van der Waals surface area contributed by atoms with E-state index in [-0.39, 0.29) is 16.9 Å². The fourth-order valence-corrected chi connectivity index (χ4v) is 3.32. The van der Waals surface area contributed by atoms with E-state index in [0.29, 0.717) is 18.5 Å². The third-order valence-corrected chi connectivity index (χ3v) is 4.68. The van der Waals surface area contributed by atoms with Crippen molar-refractivity contribution < 1.29 is 19.1 Å². The number of likely N-dealkylation sites (tertiary alicyclic amines) is 1. The van der Waals surface area contributed by atoms with Gasteiger partial charge in [-0.1, -0.05) is 0 Å². The van der Waals surface area contributed by atoms with Crippen LogP contribution in [-0.2, 0) is 9.59 Å². The van der Waals surface area contributed by atoms with Gasteiger partial charge in [0.15, 0.2) is 0 Å². The summed E-state index contributed by atoms with van der Waals surface area (Å²) in [5.41, 5.74) is 0.974. The topological polar surface area (TPSA) is 73.7 Å². The third kappa shape index (κ3) is 3.94. The molecule has 6 nitrogen and oxygen atoms in total. The van der Waals surface area contributed by atoms with E-state index in [1.807, 2.05) is 19.0 Å². The highest BCUT2D eigenvalue weighted by Gasteiger charge is 2.45. The molecule has 1 fully saturated rings. The Kier molecular flexibility index (Phi) is 5.84. The summed E-state index contributed by atoms with van der Waals surface area (Å²) in [5.74, 6) is -2.15. The molecule has 2 heterocycles. The zero-order valence-corrected chi connectivity index (χ0v) is 15.8. The molecule has 3 rings (SSSR count). The van der Waals surface area contributed by atoms with Crippen molar-refractivity contribution in [2.75, 3.05) is 27.2 Å². The van der Waals surface area contributed by atoms with Crippen molar-refractivity contribution in [1.29, 1.82) is 0 Å². The van der Waals surface area contributed by atoms with Gasteiger partial charge in [-0.15, -0.1) is 0 Å². The third-order valence-electron chi connectivity index (χ3n) is 4.68. The Labute approximate surface area is 162 Å². The maximum atomic E-state index is 13.2. The van der Waals surface area contributed by atoms with Gasteiger partial charge in [0.05, 0.1) is 11.6 Å². The summed E-state index contributed by atoms with van der Waals surface area (Å²) in [4.78, 5) is 32.9. The summed E-state index contributed by atoms with van der Waals surface area (Å²) in [7, 11) is 3.87. The van der Waals surface area contributed by atoms with Gasteiger partial charge in [-0.2, -0.15) is 0 Å². The number of Topliss-reactive ketones (excluding diaryl/α,β-unsaturated/α-hetero) is 1. The van der Waals surface area contributed by atoms with Gasteiger partial charge in [-0.05, 0) is 69.0 Å². The van der Waals surface area contributed by atoms with Crippen LogP contribution in [0.15, 0.2) is 54.4 Å². The summed E-state index contributed by atoms with van der Waals surface area (Å²) in [6, 6.07) is 7.88. The largest absolute Gasteiger partial charge is 0.507 e. The lowest BCUT2D eigenvalue weighted by atomic mass is 9.96. The standard InChI is InChI=1S/C21H22FN3O3/c1-24(2)12-3-13-25-18(14-8-10-23-11-9-14)17(20(27)21(25)28)19(26)15-4-6-16(22)7-5-15/h4-11,18,26H,3,12-13H2,1-2H3. The minimum atomic E-state index is -0.742. The zero-order chi connectivity index (χ0) is 20.3. The van der Waals surface area contributed by atoms with Crippen LogP contribution < -0.4 is 0 Å². The fraction of sp³-hybridized carbons (Fsp3) is 0.286. The average molecular weight is 383 g/mol. The molecule has 1 amide bonds. The summed E-state index contributed by atoms with van der Waals surface area (Å²) in [6.07, 6.45) is 3.83. The Balaban J connectivity index is 2.06. The predicted octanol–water partition coefficient (Wildman–Crippen LogP) is 2.59. The first-order valence-corrected chi connectivity index (χ1v) is 8.99. The number of carbonyl (C=O) groups excluding carboxylic acids is 2. The molecular formula is C21H22FN3O3. The molecule has 7 heteroatoms. The summed E-state index contributed by atoms with van der Waals surface area (Å²) < 4.78 is 13.2. The highest BCUT2D eigenvalue weighted by atomic mass is 19.1. The quantitative estimate of drug-likeness (QED) is 0.472. The highest BCUT2D eigenvalue weighted by Crippen LogP contribution is 2.39. The molecule has 0 aliphatic carbocycles. The van der Waals surface area contributed by atoms with Crippen LogP contribution in [0.1, 0.15) is 23.6 Å². The van der Waals surface area contributed by atoms with E-state index < -0.39 is 23.5 Å². The Hall–Kier alpha value is -3.06. The molecule has 1 aromatic heterocycles. The van der Waals surface area contributed by atoms with Crippen LogP contribution in [0.25, 0.3) is 5.76 Å². The van der Waals surface area contributed by atoms with Crippen LogP contribution in [0.3, 0.4) is 0 Å². The number of nitrogens with zero attached hydrogens (tertiary/aromatic N) is 3. The Bertz CT molecular complexity index is 895. The Morgan fingerprint density at radius 1 is 1.14 bits per heavy atom. The number of hydrogen-bond donors (Lipinski definition) is 1. The van der Waals surface area contributed by atoms with Crippen LogP contribution in [0, 0.1) is 5.82 Å². The summed E-state index contributed by atoms with van der Waals surface area (Å²) >= 11 is 0. The lowest BCUT2D eigenvalue weighted by Gasteiger charge is -2.25. The Morgan fingerprint density at radius 2 is 1.79 bits per heavy atom. The number of hydrogen-bond acceptors (Lipinski definition) is 5. The van der Waals surface area contributed by atoms with Gasteiger partial charge in [-0.3, -0.25) is 14.6 Å². The lowest BCUT2D eigenvalue weighted by molar-refractivity contribution is -0.139. The molecule has 0 spiro atoms. The van der Waals surface area contributed by atoms with E-state index in [9.17, 15) is 19.1 Å². The molecule has 146 valence electrons. The second kappa shape index (κ2) is 8.31. The van der Waals surface area contributed by atoms with Gasteiger partial charge in [0, 0.05) is 24.5 Å². The molecule has 1 aliphatic heterocycles. The molecule has 0 saturated carbocycles. The number of carbonyl (C=O) groups is 2. The maximum absolute atomic E-state index is 13.2. The van der Waals surface area contributed by atoms with E-state index in [0.717, 1.165) is 6.54 Å². The number of amides is 1. The molecule has 1 N–H and O–H groups in total. The molecule has 0 bridgehead atoms. The van der Waals surface area contributed by atoms with Crippen LogP contribution in [0.2, 0.25) is 0 Å². The molecule has 0 radical (unpaired) electrons. The molecule has 28 heavy (non-hydrogen) atoms. The highest BCUT2D eigenvalue weighted by molar-refractivity contribution is 6.46. The molecule has 1 saturated heterocycles. The van der Waals surface area contributed by atoms with E-state index >= 15 is 0 Å². The lowest BCUT2D eigenvalue weighted by Crippen LogP contribution is -2.32. The van der Waals surface area contributed by atoms with Gasteiger partial charge in [0.1, 0.15) is 11.6 Å². The monoisotopic (exact) mass is 383 g/mol. The van der Waals surface area contributed by atoms with E-state index in [1.165, 1.54) is 29.2 Å². The number of ketones is 1. The number of aromatic nitrogens is 1. The molecule has 1 atom stereocenters. The number of aliphatic hydroxyl groups is 1. The SMILES string of the molecule is CN(C)CCCN1C(=O)C(=O)C(=C(O)c2ccc(F)cc2)C1c1ccncc1. The summed E-state index contributed by atoms with van der Waals surface area (Å²) in [6.45, 7) is 1.12. The average Bonchev–Trinajstić information content (AvgIpc) is 2.93. The van der Waals surface area contributed by atoms with Crippen molar-refractivity contribution in [3.8, 4) is 0 Å². The first kappa shape index (κ1) is 19.7. The van der Waals surface area contributed by atoms with E-state index in [2.05, 4.69) is 4.98 Å². The van der Waals surface area contributed by atoms with E-state index in [1.54, 1.807) is 24.5 Å². The smallest absolute Gasteiger partial charge is 0.295 e. The number of benzene rings is 1. The molecule has 1 aliphatic rings. The second-order valence-electron chi connectivity index (χ2n) is 6.94.